The lowest BCUT2D eigenvalue weighted by Gasteiger charge is -1.84. The predicted molar refractivity (Wildman–Crippen MR) is 40.7 cm³/mol. The molecule has 0 aliphatic carbocycles. The highest BCUT2D eigenvalue weighted by Crippen LogP contribution is 2.10. The summed E-state index contributed by atoms with van der Waals surface area (Å²) in [7, 11) is 0. The number of nitrogens with two attached hydrogens (primary N) is 1. The average molecular weight is 181 g/mol. The molecule has 0 saturated carbocycles. The van der Waals surface area contributed by atoms with Gasteiger partial charge in [-0.3, -0.25) is 0 Å². The van der Waals surface area contributed by atoms with Gasteiger partial charge in [-0.1, -0.05) is 0 Å². The fourth-order valence-corrected chi connectivity index (χ4v) is 0.997. The van der Waals surface area contributed by atoms with Crippen LogP contribution in [0.15, 0.2) is 5.38 Å². The van der Waals surface area contributed by atoms with Crippen molar-refractivity contribution in [2.75, 3.05) is 5.73 Å². The van der Waals surface area contributed by atoms with E-state index in [4.69, 9.17) is 10.8 Å². The van der Waals surface area contributed by atoms with E-state index < -0.39 is 5.97 Å². The Bertz CT molecular complexity index is 237. The summed E-state index contributed by atoms with van der Waals surface area (Å²) in [6.07, 6.45) is 0. The third kappa shape index (κ3) is 1.58. The maximum Gasteiger partial charge on any atom is 0.340 e. The molecule has 0 unspecified atom stereocenters. The second-order valence-corrected chi connectivity index (χ2v) is 2.05. The molecule has 0 bridgehead atoms. The number of carbonyl (C=O) groups is 1. The van der Waals surface area contributed by atoms with Gasteiger partial charge in [0.15, 0.2) is 5.82 Å². The van der Waals surface area contributed by atoms with E-state index in [1.165, 1.54) is 5.38 Å². The molecule has 0 spiro atoms. The second kappa shape index (κ2) is 3.38. The molecule has 1 aromatic heterocycles. The fourth-order valence-electron chi connectivity index (χ4n) is 0.405. The molecule has 0 atom stereocenters. The number of hydrogen-bond acceptors (Lipinski definition) is 4. The Kier molecular flexibility index (Phi) is 3.11. The zero-order valence-corrected chi connectivity index (χ0v) is 6.41. The molecule has 1 heterocycles. The van der Waals surface area contributed by atoms with Gasteiger partial charge >= 0.3 is 5.97 Å². The minimum atomic E-state index is -1.03. The number of hydrogen-bond donors (Lipinski definition) is 2. The number of rotatable bonds is 1. The van der Waals surface area contributed by atoms with Crippen molar-refractivity contribution < 1.29 is 9.90 Å². The van der Waals surface area contributed by atoms with Crippen LogP contribution in [-0.2, 0) is 0 Å². The van der Waals surface area contributed by atoms with Crippen molar-refractivity contribution in [3.63, 3.8) is 0 Å². The molecule has 4 nitrogen and oxygen atoms in total. The molecular weight excluding hydrogens is 176 g/mol. The highest BCUT2D eigenvalue weighted by atomic mass is 35.5. The van der Waals surface area contributed by atoms with Crippen LogP contribution in [0.25, 0.3) is 0 Å². The number of carboxylic acids is 1. The van der Waals surface area contributed by atoms with Crippen LogP contribution in [0, 0.1) is 0 Å². The van der Waals surface area contributed by atoms with Crippen LogP contribution in [0.2, 0.25) is 0 Å². The molecule has 1 aromatic rings. The number of aromatic carboxylic acids is 1. The monoisotopic (exact) mass is 180 g/mol. The van der Waals surface area contributed by atoms with Gasteiger partial charge in [-0.2, -0.15) is 4.37 Å². The van der Waals surface area contributed by atoms with Crippen LogP contribution in [0.5, 0.6) is 0 Å². The molecule has 56 valence electrons. The van der Waals surface area contributed by atoms with Crippen molar-refractivity contribution in [2.45, 2.75) is 0 Å². The lowest BCUT2D eigenvalue weighted by atomic mass is 10.3. The van der Waals surface area contributed by atoms with E-state index >= 15 is 0 Å². The Morgan fingerprint density at radius 3 is 2.60 bits per heavy atom. The Balaban J connectivity index is 0.000000810. The molecule has 6 heteroatoms. The van der Waals surface area contributed by atoms with Crippen molar-refractivity contribution in [3.05, 3.63) is 10.9 Å². The SMILES string of the molecule is Cl.Nc1nscc1C(=O)O. The smallest absolute Gasteiger partial charge is 0.340 e. The quantitative estimate of drug-likeness (QED) is 0.672. The first kappa shape index (κ1) is 9.19. The minimum absolute atomic E-state index is 0. The fraction of sp³-hybridized carbons (Fsp3) is 0. The third-order valence-electron chi connectivity index (χ3n) is 0.828. The van der Waals surface area contributed by atoms with Crippen LogP contribution in [0.4, 0.5) is 5.82 Å². The Labute approximate surface area is 67.2 Å². The lowest BCUT2D eigenvalue weighted by molar-refractivity contribution is 0.0698. The van der Waals surface area contributed by atoms with Gasteiger partial charge in [-0.25, -0.2) is 4.79 Å². The summed E-state index contributed by atoms with van der Waals surface area (Å²) >= 11 is 1.04. The summed E-state index contributed by atoms with van der Waals surface area (Å²) in [6.45, 7) is 0. The predicted octanol–water partition coefficient (Wildman–Crippen LogP) is 0.845. The molecule has 0 aliphatic heterocycles. The second-order valence-electron chi connectivity index (χ2n) is 1.42. The summed E-state index contributed by atoms with van der Waals surface area (Å²) in [6, 6.07) is 0. The number of nitrogen functional groups attached to an aromatic ring is 1. The molecule has 0 aromatic carbocycles. The third-order valence-corrected chi connectivity index (χ3v) is 1.47. The first-order chi connectivity index (χ1) is 4.22. The number of nitrogens with zero attached hydrogens (tertiary/aromatic N) is 1. The number of carboxylic acid groups (broad SMARTS) is 1. The molecule has 0 fully saturated rings. The standard InChI is InChI=1S/C4H4N2O2S.ClH/c5-3-2(4(7)8)1-9-6-3;/h1H,(H2,5,6)(H,7,8);1H. The number of anilines is 1. The highest BCUT2D eigenvalue weighted by molar-refractivity contribution is 7.04. The van der Waals surface area contributed by atoms with Gasteiger partial charge in [0.1, 0.15) is 5.56 Å². The van der Waals surface area contributed by atoms with Crippen LogP contribution >= 0.6 is 23.9 Å². The topological polar surface area (TPSA) is 76.2 Å². The van der Waals surface area contributed by atoms with Crippen LogP contribution in [0.3, 0.4) is 0 Å². The summed E-state index contributed by atoms with van der Waals surface area (Å²) in [5.41, 5.74) is 5.24. The van der Waals surface area contributed by atoms with Gasteiger partial charge in [0.25, 0.3) is 0 Å². The molecule has 1 rings (SSSR count). The van der Waals surface area contributed by atoms with Gasteiger partial charge in [0.05, 0.1) is 0 Å². The molecule has 0 radical (unpaired) electrons. The highest BCUT2D eigenvalue weighted by Gasteiger charge is 2.08. The van der Waals surface area contributed by atoms with E-state index in [1.807, 2.05) is 0 Å². The minimum Gasteiger partial charge on any atom is -0.478 e. The zero-order valence-electron chi connectivity index (χ0n) is 4.77. The normalized spacial score (nSPS) is 8.40. The molecular formula is C4H5ClN2O2S. The van der Waals surface area contributed by atoms with E-state index in [9.17, 15) is 4.79 Å². The molecule has 0 saturated heterocycles. The van der Waals surface area contributed by atoms with Gasteiger partial charge in [-0.15, -0.1) is 12.4 Å². The lowest BCUT2D eigenvalue weighted by Crippen LogP contribution is -1.98. The van der Waals surface area contributed by atoms with Crippen molar-refractivity contribution in [2.24, 2.45) is 0 Å². The number of halogens is 1. The molecule has 10 heavy (non-hydrogen) atoms. The van der Waals surface area contributed by atoms with E-state index in [0.29, 0.717) is 0 Å². The summed E-state index contributed by atoms with van der Waals surface area (Å²) in [4.78, 5) is 10.2. The first-order valence-electron chi connectivity index (χ1n) is 2.15. The van der Waals surface area contributed by atoms with Crippen LogP contribution in [-0.4, -0.2) is 15.4 Å². The summed E-state index contributed by atoms with van der Waals surface area (Å²) in [5, 5.41) is 9.74. The summed E-state index contributed by atoms with van der Waals surface area (Å²) in [5.74, 6) is -0.936. The van der Waals surface area contributed by atoms with Crippen molar-refractivity contribution in [3.8, 4) is 0 Å². The van der Waals surface area contributed by atoms with Gasteiger partial charge in [0, 0.05) is 5.38 Å². The van der Waals surface area contributed by atoms with Gasteiger partial charge in [-0.05, 0) is 11.5 Å². The van der Waals surface area contributed by atoms with Gasteiger partial charge < -0.3 is 10.8 Å². The van der Waals surface area contributed by atoms with Crippen molar-refractivity contribution in [1.82, 2.24) is 4.37 Å². The van der Waals surface area contributed by atoms with Crippen LogP contribution in [0.1, 0.15) is 10.4 Å². The van der Waals surface area contributed by atoms with E-state index in [1.54, 1.807) is 0 Å². The maximum atomic E-state index is 10.2. The molecule has 0 amide bonds. The maximum absolute atomic E-state index is 10.2. The zero-order chi connectivity index (χ0) is 6.85. The average Bonchev–Trinajstić information content (AvgIpc) is 2.13. The number of aromatic nitrogens is 1. The molecule has 3 N–H and O–H groups in total. The summed E-state index contributed by atoms with van der Waals surface area (Å²) < 4.78 is 3.58. The Hall–Kier alpha value is -0.810. The Morgan fingerprint density at radius 2 is 2.40 bits per heavy atom. The van der Waals surface area contributed by atoms with Crippen LogP contribution < -0.4 is 5.73 Å². The van der Waals surface area contributed by atoms with E-state index in [-0.39, 0.29) is 23.8 Å². The van der Waals surface area contributed by atoms with Gasteiger partial charge in [0.2, 0.25) is 0 Å². The van der Waals surface area contributed by atoms with Crippen molar-refractivity contribution >= 4 is 35.7 Å². The Morgan fingerprint density at radius 1 is 1.80 bits per heavy atom. The van der Waals surface area contributed by atoms with E-state index in [0.717, 1.165) is 11.5 Å². The van der Waals surface area contributed by atoms with E-state index in [2.05, 4.69) is 4.37 Å². The molecule has 0 aliphatic rings. The first-order valence-corrected chi connectivity index (χ1v) is 2.98. The van der Waals surface area contributed by atoms with Crippen molar-refractivity contribution in [1.29, 1.82) is 0 Å². The largest absolute Gasteiger partial charge is 0.478 e.